The molecule has 3 rings (SSSR count). The molecule has 2 heterocycles. The van der Waals surface area contributed by atoms with E-state index in [0.29, 0.717) is 9.23 Å². The van der Waals surface area contributed by atoms with Crippen molar-refractivity contribution in [1.29, 1.82) is 0 Å². The molecule has 0 atom stereocenters. The first-order chi connectivity index (χ1) is 12.5. The number of amides is 2. The number of thiocarbonyl (C=S) groups is 1. The van der Waals surface area contributed by atoms with Crippen LogP contribution in [0.4, 0.5) is 0 Å². The van der Waals surface area contributed by atoms with Gasteiger partial charge in [-0.15, -0.1) is 0 Å². The van der Waals surface area contributed by atoms with E-state index in [2.05, 4.69) is 26.1 Å². The molecule has 7 heteroatoms. The summed E-state index contributed by atoms with van der Waals surface area (Å²) in [6.07, 6.45) is 2.83. The number of carbonyl (C=O) groups is 2. The van der Waals surface area contributed by atoms with Gasteiger partial charge in [0.25, 0.3) is 5.91 Å². The molecule has 0 radical (unpaired) electrons. The van der Waals surface area contributed by atoms with Gasteiger partial charge in [-0.1, -0.05) is 55.2 Å². The molecule has 1 aromatic carbocycles. The fraction of sp³-hybridized carbons (Fsp3) is 0.421. The largest absolute Gasteiger partial charge is 0.334 e. The average molecular weight is 391 g/mol. The average Bonchev–Trinajstić information content (AvgIpc) is 2.90. The Labute approximate surface area is 164 Å². The summed E-state index contributed by atoms with van der Waals surface area (Å²) in [7, 11) is 2.13. The van der Waals surface area contributed by atoms with Crippen LogP contribution in [0.5, 0.6) is 0 Å². The van der Waals surface area contributed by atoms with Crippen molar-refractivity contribution >= 4 is 46.2 Å². The van der Waals surface area contributed by atoms with Crippen molar-refractivity contribution in [2.75, 3.05) is 39.8 Å². The number of rotatable bonds is 4. The first kappa shape index (κ1) is 19.1. The van der Waals surface area contributed by atoms with E-state index in [1.165, 1.54) is 27.1 Å². The van der Waals surface area contributed by atoms with E-state index in [4.69, 9.17) is 12.2 Å². The molecule has 138 valence electrons. The molecule has 26 heavy (non-hydrogen) atoms. The maximum absolute atomic E-state index is 12.7. The standard InChI is InChI=1S/C19H23N3O2S2/c1-3-14-4-6-15(7-5-14)12-16-18(24)22(19(25)26-16)13-17(23)21-10-8-20(2)9-11-21/h4-7,12H,3,8-11,13H2,1-2H3/p+1/b16-12-. The third kappa shape index (κ3) is 4.34. The summed E-state index contributed by atoms with van der Waals surface area (Å²) >= 11 is 6.61. The first-order valence-corrected chi connectivity index (χ1v) is 10.1. The molecule has 0 aromatic heterocycles. The van der Waals surface area contributed by atoms with Gasteiger partial charge >= 0.3 is 0 Å². The molecule has 0 saturated carbocycles. The third-order valence-electron chi connectivity index (χ3n) is 4.82. The monoisotopic (exact) mass is 390 g/mol. The fourth-order valence-electron chi connectivity index (χ4n) is 3.01. The molecule has 1 N–H and O–H groups in total. The molecule has 1 aromatic rings. The lowest BCUT2D eigenvalue weighted by Gasteiger charge is -2.31. The predicted octanol–water partition coefficient (Wildman–Crippen LogP) is 0.807. The van der Waals surface area contributed by atoms with Crippen molar-refractivity contribution in [2.24, 2.45) is 0 Å². The van der Waals surface area contributed by atoms with Gasteiger partial charge in [-0.05, 0) is 23.6 Å². The van der Waals surface area contributed by atoms with Crippen molar-refractivity contribution in [3.8, 4) is 0 Å². The molecule has 5 nitrogen and oxygen atoms in total. The van der Waals surface area contributed by atoms with Gasteiger partial charge in [0, 0.05) is 0 Å². The van der Waals surface area contributed by atoms with Gasteiger partial charge in [0.2, 0.25) is 5.91 Å². The second kappa shape index (κ2) is 8.33. The van der Waals surface area contributed by atoms with Crippen molar-refractivity contribution in [3.05, 3.63) is 40.3 Å². The summed E-state index contributed by atoms with van der Waals surface area (Å²) in [5.74, 6) is -0.199. The third-order valence-corrected chi connectivity index (χ3v) is 6.20. The van der Waals surface area contributed by atoms with Crippen LogP contribution in [0.2, 0.25) is 0 Å². The zero-order chi connectivity index (χ0) is 18.7. The highest BCUT2D eigenvalue weighted by molar-refractivity contribution is 8.26. The number of nitrogens with zero attached hydrogens (tertiary/aromatic N) is 2. The Bertz CT molecular complexity index is 738. The lowest BCUT2D eigenvalue weighted by atomic mass is 10.1. The second-order valence-electron chi connectivity index (χ2n) is 6.70. The molecule has 2 aliphatic rings. The van der Waals surface area contributed by atoms with Crippen LogP contribution in [-0.4, -0.2) is 65.7 Å². The van der Waals surface area contributed by atoms with E-state index < -0.39 is 0 Å². The topological polar surface area (TPSA) is 45.1 Å². The zero-order valence-electron chi connectivity index (χ0n) is 15.2. The SMILES string of the molecule is CCc1ccc(/C=C2\SC(=S)N(CC(=O)N3CC[NH+](C)CC3)C2=O)cc1. The molecule has 2 aliphatic heterocycles. The quantitative estimate of drug-likeness (QED) is 0.610. The van der Waals surface area contributed by atoms with E-state index in [1.54, 1.807) is 0 Å². The fourth-order valence-corrected chi connectivity index (χ4v) is 4.27. The van der Waals surface area contributed by atoms with Crippen LogP contribution in [0, 0.1) is 0 Å². The van der Waals surface area contributed by atoms with Crippen LogP contribution in [0.15, 0.2) is 29.2 Å². The van der Waals surface area contributed by atoms with E-state index in [0.717, 1.165) is 38.2 Å². The minimum atomic E-state index is -0.173. The minimum Gasteiger partial charge on any atom is -0.334 e. The van der Waals surface area contributed by atoms with Gasteiger partial charge in [0.15, 0.2) is 0 Å². The number of likely N-dealkylation sites (N-methyl/N-ethyl adjacent to an activating group) is 1. The number of nitrogens with one attached hydrogen (secondary N) is 1. The smallest absolute Gasteiger partial charge is 0.266 e. The summed E-state index contributed by atoms with van der Waals surface area (Å²) in [5, 5.41) is 0. The number of piperazine rings is 1. The van der Waals surface area contributed by atoms with Crippen LogP contribution >= 0.6 is 24.0 Å². The van der Waals surface area contributed by atoms with Gasteiger partial charge in [0.05, 0.1) is 38.1 Å². The van der Waals surface area contributed by atoms with Gasteiger partial charge in [-0.3, -0.25) is 14.5 Å². The van der Waals surface area contributed by atoms with Gasteiger partial charge in [0.1, 0.15) is 10.9 Å². The Morgan fingerprint density at radius 2 is 1.92 bits per heavy atom. The first-order valence-electron chi connectivity index (χ1n) is 8.91. The van der Waals surface area contributed by atoms with Crippen LogP contribution in [-0.2, 0) is 16.0 Å². The Balaban J connectivity index is 1.66. The normalized spacial score (nSPS) is 20.3. The Kier molecular flexibility index (Phi) is 6.11. The molecule has 0 unspecified atom stereocenters. The summed E-state index contributed by atoms with van der Waals surface area (Å²) in [6, 6.07) is 8.13. The molecular weight excluding hydrogens is 366 g/mol. The van der Waals surface area contributed by atoms with E-state index in [9.17, 15) is 9.59 Å². The number of carbonyl (C=O) groups excluding carboxylic acids is 2. The van der Waals surface area contributed by atoms with Crippen LogP contribution in [0.25, 0.3) is 6.08 Å². The zero-order valence-corrected chi connectivity index (χ0v) is 16.8. The number of hydrogen-bond acceptors (Lipinski definition) is 4. The molecule has 0 spiro atoms. The number of hydrogen-bond donors (Lipinski definition) is 1. The van der Waals surface area contributed by atoms with E-state index >= 15 is 0 Å². The molecule has 2 saturated heterocycles. The highest BCUT2D eigenvalue weighted by Gasteiger charge is 2.35. The van der Waals surface area contributed by atoms with Gasteiger partial charge < -0.3 is 9.80 Å². The van der Waals surface area contributed by atoms with Crippen molar-refractivity contribution in [3.63, 3.8) is 0 Å². The van der Waals surface area contributed by atoms with Crippen LogP contribution in [0.1, 0.15) is 18.1 Å². The van der Waals surface area contributed by atoms with Crippen LogP contribution in [0.3, 0.4) is 0 Å². The maximum Gasteiger partial charge on any atom is 0.266 e. The molecule has 0 bridgehead atoms. The Morgan fingerprint density at radius 3 is 2.54 bits per heavy atom. The lowest BCUT2D eigenvalue weighted by molar-refractivity contribution is -0.883. The highest BCUT2D eigenvalue weighted by Crippen LogP contribution is 2.32. The number of thioether (sulfide) groups is 1. The van der Waals surface area contributed by atoms with Crippen molar-refractivity contribution < 1.29 is 14.5 Å². The number of benzene rings is 1. The van der Waals surface area contributed by atoms with Crippen molar-refractivity contribution in [1.82, 2.24) is 9.80 Å². The van der Waals surface area contributed by atoms with Gasteiger partial charge in [-0.2, -0.15) is 0 Å². The summed E-state index contributed by atoms with van der Waals surface area (Å²) in [4.78, 5) is 30.5. The highest BCUT2D eigenvalue weighted by atomic mass is 32.2. The number of aryl methyl sites for hydroxylation is 1. The molecule has 0 aliphatic carbocycles. The maximum atomic E-state index is 12.7. The number of quaternary nitrogens is 1. The van der Waals surface area contributed by atoms with Gasteiger partial charge in [-0.25, -0.2) is 0 Å². The second-order valence-corrected chi connectivity index (χ2v) is 8.38. The van der Waals surface area contributed by atoms with E-state index in [1.807, 2.05) is 23.1 Å². The summed E-state index contributed by atoms with van der Waals surface area (Å²) in [6.45, 7) is 5.50. The lowest BCUT2D eigenvalue weighted by Crippen LogP contribution is -3.12. The Hall–Kier alpha value is -1.70. The predicted molar refractivity (Wildman–Crippen MR) is 109 cm³/mol. The molecule has 2 amide bonds. The summed E-state index contributed by atoms with van der Waals surface area (Å²) < 4.78 is 0.458. The Morgan fingerprint density at radius 1 is 1.27 bits per heavy atom. The minimum absolute atomic E-state index is 0.0256. The van der Waals surface area contributed by atoms with E-state index in [-0.39, 0.29) is 18.4 Å². The van der Waals surface area contributed by atoms with Crippen molar-refractivity contribution in [2.45, 2.75) is 13.3 Å². The molecular formula is C19H24N3O2S2+. The summed E-state index contributed by atoms with van der Waals surface area (Å²) in [5.41, 5.74) is 2.23. The molecule has 2 fully saturated rings. The van der Waals surface area contributed by atoms with Crippen LogP contribution < -0.4 is 4.90 Å².